The molecule has 0 radical (unpaired) electrons. The van der Waals surface area contributed by atoms with Gasteiger partial charge in [0.2, 0.25) is 5.91 Å². The summed E-state index contributed by atoms with van der Waals surface area (Å²) in [7, 11) is 0. The monoisotopic (exact) mass is 280 g/mol. The number of hydrogen-bond donors (Lipinski definition) is 2. The molecule has 0 spiro atoms. The Morgan fingerprint density at radius 1 is 1.47 bits per heavy atom. The lowest BCUT2D eigenvalue weighted by Crippen LogP contribution is -2.54. The summed E-state index contributed by atoms with van der Waals surface area (Å²) < 4.78 is 0. The van der Waals surface area contributed by atoms with Crippen LogP contribution in [0.25, 0.3) is 0 Å². The fraction of sp³-hybridized carbons (Fsp3) is 0.538. The standard InChI is InChI=1S/C13H16N2O3S/c16-12-2-1-8-6-15(4-3-10(8)14-12)9-5-11(13(17)18)19-7-9/h5,7-8,10H,1-4,6H2,(H,14,16)(H,17,18). The van der Waals surface area contributed by atoms with Gasteiger partial charge in [-0.2, -0.15) is 0 Å². The molecule has 0 aliphatic carbocycles. The van der Waals surface area contributed by atoms with Crippen molar-refractivity contribution < 1.29 is 14.7 Å². The molecular formula is C13H16N2O3S. The molecule has 1 aromatic rings. The molecule has 3 heterocycles. The molecule has 2 aliphatic rings. The number of anilines is 1. The van der Waals surface area contributed by atoms with Crippen molar-refractivity contribution in [2.75, 3.05) is 18.0 Å². The second kappa shape index (κ2) is 4.85. The zero-order chi connectivity index (χ0) is 13.4. The van der Waals surface area contributed by atoms with E-state index in [4.69, 9.17) is 5.11 Å². The van der Waals surface area contributed by atoms with Gasteiger partial charge in [0.15, 0.2) is 0 Å². The van der Waals surface area contributed by atoms with Gasteiger partial charge in [0, 0.05) is 36.6 Å². The number of carbonyl (C=O) groups is 2. The van der Waals surface area contributed by atoms with Gasteiger partial charge in [-0.15, -0.1) is 11.3 Å². The molecule has 2 atom stereocenters. The summed E-state index contributed by atoms with van der Waals surface area (Å²) in [5.74, 6) is -0.214. The smallest absolute Gasteiger partial charge is 0.345 e. The highest BCUT2D eigenvalue weighted by molar-refractivity contribution is 7.12. The highest BCUT2D eigenvalue weighted by Crippen LogP contribution is 2.31. The van der Waals surface area contributed by atoms with E-state index in [0.29, 0.717) is 23.3 Å². The summed E-state index contributed by atoms with van der Waals surface area (Å²) in [6.45, 7) is 1.78. The summed E-state index contributed by atoms with van der Waals surface area (Å²) in [4.78, 5) is 24.9. The first-order valence-electron chi connectivity index (χ1n) is 6.49. The lowest BCUT2D eigenvalue weighted by atomic mass is 9.85. The van der Waals surface area contributed by atoms with Crippen molar-refractivity contribution in [2.24, 2.45) is 5.92 Å². The Hall–Kier alpha value is -1.56. The summed E-state index contributed by atoms with van der Waals surface area (Å²) in [6.07, 6.45) is 2.48. The fourth-order valence-electron chi connectivity index (χ4n) is 2.95. The number of nitrogens with one attached hydrogen (secondary N) is 1. The molecule has 2 unspecified atom stereocenters. The van der Waals surface area contributed by atoms with Gasteiger partial charge in [-0.1, -0.05) is 0 Å². The van der Waals surface area contributed by atoms with Gasteiger partial charge in [-0.05, 0) is 24.8 Å². The van der Waals surface area contributed by atoms with Crippen LogP contribution in [0.5, 0.6) is 0 Å². The predicted molar refractivity (Wildman–Crippen MR) is 72.8 cm³/mol. The van der Waals surface area contributed by atoms with Gasteiger partial charge in [0.25, 0.3) is 0 Å². The SMILES string of the molecule is O=C1CCC2CN(c3csc(C(=O)O)c3)CCC2N1. The van der Waals surface area contributed by atoms with Gasteiger partial charge < -0.3 is 15.3 Å². The molecule has 2 fully saturated rings. The Kier molecular flexibility index (Phi) is 3.18. The van der Waals surface area contributed by atoms with Crippen molar-refractivity contribution in [3.8, 4) is 0 Å². The minimum absolute atomic E-state index is 0.165. The molecule has 2 N–H and O–H groups in total. The van der Waals surface area contributed by atoms with Crippen LogP contribution >= 0.6 is 11.3 Å². The minimum Gasteiger partial charge on any atom is -0.477 e. The average molecular weight is 280 g/mol. The van der Waals surface area contributed by atoms with E-state index in [2.05, 4.69) is 10.2 Å². The van der Waals surface area contributed by atoms with E-state index in [9.17, 15) is 9.59 Å². The molecule has 2 saturated heterocycles. The maximum absolute atomic E-state index is 11.4. The first kappa shape index (κ1) is 12.5. The predicted octanol–water partition coefficient (Wildman–Crippen LogP) is 1.55. The number of amides is 1. The Labute approximate surface area is 115 Å². The lowest BCUT2D eigenvalue weighted by molar-refractivity contribution is -0.124. The highest BCUT2D eigenvalue weighted by atomic mass is 32.1. The van der Waals surface area contributed by atoms with Crippen LogP contribution in [0.4, 0.5) is 5.69 Å². The van der Waals surface area contributed by atoms with Crippen LogP contribution < -0.4 is 10.2 Å². The second-order valence-corrected chi connectivity index (χ2v) is 6.09. The first-order chi connectivity index (χ1) is 9.13. The highest BCUT2D eigenvalue weighted by Gasteiger charge is 2.34. The van der Waals surface area contributed by atoms with Gasteiger partial charge in [-0.3, -0.25) is 4.79 Å². The topological polar surface area (TPSA) is 69.6 Å². The third kappa shape index (κ3) is 2.45. The van der Waals surface area contributed by atoms with Crippen LogP contribution in [0.15, 0.2) is 11.4 Å². The quantitative estimate of drug-likeness (QED) is 0.862. The zero-order valence-corrected chi connectivity index (χ0v) is 11.3. The van der Waals surface area contributed by atoms with Crippen LogP contribution in [0.1, 0.15) is 28.9 Å². The number of rotatable bonds is 2. The van der Waals surface area contributed by atoms with Crippen LogP contribution in [0.3, 0.4) is 0 Å². The molecule has 6 heteroatoms. The summed E-state index contributed by atoms with van der Waals surface area (Å²) in [5, 5.41) is 13.9. The van der Waals surface area contributed by atoms with E-state index in [1.807, 2.05) is 5.38 Å². The molecule has 5 nitrogen and oxygen atoms in total. The first-order valence-corrected chi connectivity index (χ1v) is 7.37. The molecule has 1 aromatic heterocycles. The van der Waals surface area contributed by atoms with E-state index < -0.39 is 5.97 Å². The van der Waals surface area contributed by atoms with Crippen molar-refractivity contribution in [1.29, 1.82) is 0 Å². The van der Waals surface area contributed by atoms with Gasteiger partial charge in [0.05, 0.1) is 0 Å². The van der Waals surface area contributed by atoms with Crippen molar-refractivity contribution in [2.45, 2.75) is 25.3 Å². The number of carboxylic acid groups (broad SMARTS) is 1. The number of carbonyl (C=O) groups excluding carboxylic acids is 1. The Bertz CT molecular complexity index is 514. The number of thiophene rings is 1. The third-order valence-electron chi connectivity index (χ3n) is 3.98. The number of fused-ring (bicyclic) bond motifs is 1. The number of aromatic carboxylic acids is 1. The number of carboxylic acids is 1. The van der Waals surface area contributed by atoms with E-state index in [-0.39, 0.29) is 5.91 Å². The minimum atomic E-state index is -0.865. The average Bonchev–Trinajstić information content (AvgIpc) is 2.88. The van der Waals surface area contributed by atoms with Crippen LogP contribution in [0, 0.1) is 5.92 Å². The maximum atomic E-state index is 11.4. The summed E-state index contributed by atoms with van der Waals surface area (Å²) in [5.41, 5.74) is 0.998. The molecule has 19 heavy (non-hydrogen) atoms. The molecule has 102 valence electrons. The van der Waals surface area contributed by atoms with Crippen LogP contribution in [-0.2, 0) is 4.79 Å². The van der Waals surface area contributed by atoms with Gasteiger partial charge >= 0.3 is 5.97 Å². The van der Waals surface area contributed by atoms with Crippen LogP contribution in [0.2, 0.25) is 0 Å². The Morgan fingerprint density at radius 3 is 3.05 bits per heavy atom. The maximum Gasteiger partial charge on any atom is 0.345 e. The van der Waals surface area contributed by atoms with Crippen LogP contribution in [-0.4, -0.2) is 36.1 Å². The molecule has 1 amide bonds. The second-order valence-electron chi connectivity index (χ2n) is 5.18. The van der Waals surface area contributed by atoms with Gasteiger partial charge in [0.1, 0.15) is 4.88 Å². The fourth-order valence-corrected chi connectivity index (χ4v) is 3.70. The number of nitrogens with zero attached hydrogens (tertiary/aromatic N) is 1. The van der Waals surface area contributed by atoms with Gasteiger partial charge in [-0.25, -0.2) is 4.79 Å². The van der Waals surface area contributed by atoms with E-state index >= 15 is 0 Å². The molecule has 3 rings (SSSR count). The summed E-state index contributed by atoms with van der Waals surface area (Å²) >= 11 is 1.27. The normalized spacial score (nSPS) is 26.7. The van der Waals surface area contributed by atoms with Crippen molar-refractivity contribution in [3.05, 3.63) is 16.3 Å². The Balaban J connectivity index is 1.70. The molecule has 0 saturated carbocycles. The third-order valence-corrected chi connectivity index (χ3v) is 4.89. The molecule has 0 aromatic carbocycles. The summed E-state index contributed by atoms with van der Waals surface area (Å²) in [6, 6.07) is 2.05. The van der Waals surface area contributed by atoms with E-state index in [0.717, 1.165) is 31.6 Å². The zero-order valence-electron chi connectivity index (χ0n) is 10.5. The molecule has 2 aliphatic heterocycles. The molecular weight excluding hydrogens is 264 g/mol. The Morgan fingerprint density at radius 2 is 2.32 bits per heavy atom. The number of hydrogen-bond acceptors (Lipinski definition) is 4. The molecule has 0 bridgehead atoms. The van der Waals surface area contributed by atoms with Crippen molar-refractivity contribution in [3.63, 3.8) is 0 Å². The van der Waals surface area contributed by atoms with Crippen molar-refractivity contribution in [1.82, 2.24) is 5.32 Å². The van der Waals surface area contributed by atoms with Crippen molar-refractivity contribution >= 4 is 28.9 Å². The number of piperidine rings is 2. The largest absolute Gasteiger partial charge is 0.477 e. The lowest BCUT2D eigenvalue weighted by Gasteiger charge is -2.42. The van der Waals surface area contributed by atoms with E-state index in [1.54, 1.807) is 6.07 Å². The van der Waals surface area contributed by atoms with E-state index in [1.165, 1.54) is 11.3 Å².